The van der Waals surface area contributed by atoms with Gasteiger partial charge in [-0.3, -0.25) is 14.9 Å². The highest BCUT2D eigenvalue weighted by Gasteiger charge is 2.09. The van der Waals surface area contributed by atoms with E-state index in [1.54, 1.807) is 60.7 Å². The predicted molar refractivity (Wildman–Crippen MR) is 153 cm³/mol. The maximum absolute atomic E-state index is 12.4. The van der Waals surface area contributed by atoms with E-state index in [9.17, 15) is 9.59 Å². The van der Waals surface area contributed by atoms with Crippen LogP contribution in [0.2, 0.25) is 10.0 Å². The van der Waals surface area contributed by atoms with Gasteiger partial charge < -0.3 is 15.1 Å². The molecule has 0 radical (unpaired) electrons. The quantitative estimate of drug-likeness (QED) is 0.173. The molecular weight excluding hydrogens is 529 g/mol. The van der Waals surface area contributed by atoms with Gasteiger partial charge in [0.25, 0.3) is 5.91 Å². The van der Waals surface area contributed by atoms with Crippen LogP contribution in [-0.4, -0.2) is 16.9 Å². The van der Waals surface area contributed by atoms with E-state index in [1.807, 2.05) is 25.1 Å². The Morgan fingerprint density at radius 2 is 1.62 bits per heavy atom. The van der Waals surface area contributed by atoms with Gasteiger partial charge in [-0.2, -0.15) is 0 Å². The Balaban J connectivity index is 1.28. The maximum Gasteiger partial charge on any atom is 0.255 e. The summed E-state index contributed by atoms with van der Waals surface area (Å²) in [5.41, 5.74) is 3.57. The zero-order valence-electron chi connectivity index (χ0n) is 19.5. The van der Waals surface area contributed by atoms with E-state index in [4.69, 9.17) is 39.8 Å². The number of anilines is 2. The fraction of sp³-hybridized carbons (Fsp3) is 0.0357. The Hall–Kier alpha value is -3.91. The molecule has 0 aliphatic rings. The van der Waals surface area contributed by atoms with Gasteiger partial charge in [-0.15, -0.1) is 0 Å². The van der Waals surface area contributed by atoms with Crippen molar-refractivity contribution in [2.24, 2.45) is 0 Å². The number of hydrogen-bond donors (Lipinski definition) is 3. The number of rotatable bonds is 6. The number of carbonyl (C=O) groups excluding carboxylic acids is 2. The second-order valence-electron chi connectivity index (χ2n) is 8.00. The molecule has 0 unspecified atom stereocenters. The molecule has 2 amide bonds. The van der Waals surface area contributed by atoms with Gasteiger partial charge in [0.2, 0.25) is 5.91 Å². The van der Waals surface area contributed by atoms with Gasteiger partial charge in [0.05, 0.1) is 5.02 Å². The average Bonchev–Trinajstić information content (AvgIpc) is 3.32. The summed E-state index contributed by atoms with van der Waals surface area (Å²) in [6.45, 7) is 1.93. The molecule has 1 aromatic heterocycles. The largest absolute Gasteiger partial charge is 0.457 e. The van der Waals surface area contributed by atoms with E-state index in [0.717, 1.165) is 5.56 Å². The smallest absolute Gasteiger partial charge is 0.255 e. The van der Waals surface area contributed by atoms with Crippen LogP contribution in [0.15, 0.2) is 89.4 Å². The molecule has 0 aliphatic carbocycles. The first-order valence-corrected chi connectivity index (χ1v) is 12.3. The first kappa shape index (κ1) is 26.2. The lowest BCUT2D eigenvalue weighted by molar-refractivity contribution is -0.115. The Morgan fingerprint density at radius 3 is 2.32 bits per heavy atom. The second kappa shape index (κ2) is 11.9. The summed E-state index contributed by atoms with van der Waals surface area (Å²) < 4.78 is 5.74. The van der Waals surface area contributed by atoms with Crippen LogP contribution in [-0.2, 0) is 4.79 Å². The standard InChI is InChI=1S/C28H21Cl2N3O3S/c1-17-3-2-4-18(15-17)27(35)31-20-6-8-21(9-7-20)32-28(37)33-26(34)14-11-22-10-13-25(36-22)23-12-5-19(29)16-24(23)30/h2-16H,1H3,(H,31,35)(H2,32,33,34,37)/b14-11+. The van der Waals surface area contributed by atoms with Gasteiger partial charge in [-0.05, 0) is 91.9 Å². The summed E-state index contributed by atoms with van der Waals surface area (Å²) in [5, 5.41) is 9.47. The lowest BCUT2D eigenvalue weighted by atomic mass is 10.1. The molecule has 4 aromatic rings. The molecule has 37 heavy (non-hydrogen) atoms. The minimum Gasteiger partial charge on any atom is -0.457 e. The van der Waals surface area contributed by atoms with E-state index < -0.39 is 5.91 Å². The number of hydrogen-bond acceptors (Lipinski definition) is 4. The molecule has 4 rings (SSSR count). The third-order valence-corrected chi connectivity index (χ3v) is 5.89. The minimum absolute atomic E-state index is 0.124. The van der Waals surface area contributed by atoms with Crippen molar-refractivity contribution in [3.05, 3.63) is 112 Å². The fourth-order valence-electron chi connectivity index (χ4n) is 3.38. The Bertz CT molecular complexity index is 1500. The van der Waals surface area contributed by atoms with E-state index in [2.05, 4.69) is 16.0 Å². The molecule has 0 saturated carbocycles. The normalized spacial score (nSPS) is 10.8. The average molecular weight is 550 g/mol. The monoisotopic (exact) mass is 549 g/mol. The molecule has 0 aliphatic heterocycles. The molecular formula is C28H21Cl2N3O3S. The highest BCUT2D eigenvalue weighted by Crippen LogP contribution is 2.31. The predicted octanol–water partition coefficient (Wildman–Crippen LogP) is 7.34. The van der Waals surface area contributed by atoms with Crippen molar-refractivity contribution in [3.8, 4) is 11.3 Å². The van der Waals surface area contributed by atoms with E-state index in [1.165, 1.54) is 12.2 Å². The van der Waals surface area contributed by atoms with Crippen LogP contribution < -0.4 is 16.0 Å². The van der Waals surface area contributed by atoms with E-state index in [-0.39, 0.29) is 11.0 Å². The molecule has 0 atom stereocenters. The summed E-state index contributed by atoms with van der Waals surface area (Å²) in [6, 6.07) is 22.9. The Kier molecular flexibility index (Phi) is 8.40. The number of nitrogens with one attached hydrogen (secondary N) is 3. The molecule has 0 fully saturated rings. The molecule has 0 bridgehead atoms. The Labute approximate surface area is 229 Å². The van der Waals surface area contributed by atoms with Crippen molar-refractivity contribution in [2.45, 2.75) is 6.92 Å². The van der Waals surface area contributed by atoms with Crippen LogP contribution >= 0.6 is 35.4 Å². The van der Waals surface area contributed by atoms with Gasteiger partial charge in [0, 0.05) is 33.6 Å². The molecule has 0 saturated heterocycles. The van der Waals surface area contributed by atoms with E-state index in [0.29, 0.717) is 44.1 Å². The van der Waals surface area contributed by atoms with Crippen molar-refractivity contribution < 1.29 is 14.0 Å². The number of thiocarbonyl (C=S) groups is 1. The molecule has 186 valence electrons. The number of furan rings is 1. The van der Waals surface area contributed by atoms with Gasteiger partial charge in [-0.25, -0.2) is 0 Å². The first-order chi connectivity index (χ1) is 17.8. The first-order valence-electron chi connectivity index (χ1n) is 11.1. The van der Waals surface area contributed by atoms with Crippen molar-refractivity contribution in [2.75, 3.05) is 10.6 Å². The van der Waals surface area contributed by atoms with E-state index >= 15 is 0 Å². The third kappa shape index (κ3) is 7.30. The molecule has 9 heteroatoms. The van der Waals surface area contributed by atoms with Crippen molar-refractivity contribution in [3.63, 3.8) is 0 Å². The molecule has 3 aromatic carbocycles. The highest BCUT2D eigenvalue weighted by atomic mass is 35.5. The van der Waals surface area contributed by atoms with Gasteiger partial charge in [-0.1, -0.05) is 40.9 Å². The highest BCUT2D eigenvalue weighted by molar-refractivity contribution is 7.80. The zero-order chi connectivity index (χ0) is 26.4. The summed E-state index contributed by atoms with van der Waals surface area (Å²) in [7, 11) is 0. The summed E-state index contributed by atoms with van der Waals surface area (Å²) in [6.07, 6.45) is 2.83. The summed E-state index contributed by atoms with van der Waals surface area (Å²) in [4.78, 5) is 24.7. The molecule has 3 N–H and O–H groups in total. The number of benzene rings is 3. The van der Waals surface area contributed by atoms with Crippen LogP contribution in [0.1, 0.15) is 21.7 Å². The van der Waals surface area contributed by atoms with Crippen LogP contribution in [0, 0.1) is 6.92 Å². The van der Waals surface area contributed by atoms with Crippen molar-refractivity contribution in [1.29, 1.82) is 0 Å². The minimum atomic E-state index is -0.429. The number of aryl methyl sites for hydroxylation is 1. The van der Waals surface area contributed by atoms with Crippen LogP contribution in [0.3, 0.4) is 0 Å². The van der Waals surface area contributed by atoms with Crippen LogP contribution in [0.4, 0.5) is 11.4 Å². The van der Waals surface area contributed by atoms with Crippen LogP contribution in [0.5, 0.6) is 0 Å². The van der Waals surface area contributed by atoms with Gasteiger partial charge >= 0.3 is 0 Å². The number of halogens is 2. The topological polar surface area (TPSA) is 83.4 Å². The number of carbonyl (C=O) groups is 2. The Morgan fingerprint density at radius 1 is 0.892 bits per heavy atom. The van der Waals surface area contributed by atoms with Crippen molar-refractivity contribution in [1.82, 2.24) is 5.32 Å². The van der Waals surface area contributed by atoms with Gasteiger partial charge in [0.15, 0.2) is 5.11 Å². The summed E-state index contributed by atoms with van der Waals surface area (Å²) >= 11 is 17.4. The van der Waals surface area contributed by atoms with Crippen molar-refractivity contribution >= 4 is 69.8 Å². The SMILES string of the molecule is Cc1cccc(C(=O)Nc2ccc(NC(=S)NC(=O)/C=C/c3ccc(-c4ccc(Cl)cc4Cl)o3)cc2)c1. The maximum atomic E-state index is 12.4. The van der Waals surface area contributed by atoms with Crippen LogP contribution in [0.25, 0.3) is 17.4 Å². The van der Waals surface area contributed by atoms with Gasteiger partial charge in [0.1, 0.15) is 11.5 Å². The molecule has 1 heterocycles. The number of amides is 2. The third-order valence-electron chi connectivity index (χ3n) is 5.14. The fourth-order valence-corrected chi connectivity index (χ4v) is 4.10. The summed E-state index contributed by atoms with van der Waals surface area (Å²) in [5.74, 6) is 0.400. The lowest BCUT2D eigenvalue weighted by Crippen LogP contribution is -2.32. The zero-order valence-corrected chi connectivity index (χ0v) is 21.9. The molecule has 6 nitrogen and oxygen atoms in total. The second-order valence-corrected chi connectivity index (χ2v) is 9.26. The lowest BCUT2D eigenvalue weighted by Gasteiger charge is -2.10. The molecule has 0 spiro atoms.